The van der Waals surface area contributed by atoms with E-state index in [-0.39, 0.29) is 0 Å². The molecule has 2 saturated heterocycles. The van der Waals surface area contributed by atoms with Crippen LogP contribution in [0, 0.1) is 23.2 Å². The summed E-state index contributed by atoms with van der Waals surface area (Å²) in [5.41, 5.74) is 0.796. The summed E-state index contributed by atoms with van der Waals surface area (Å²) >= 11 is 0. The maximum Gasteiger partial charge on any atom is 0.00154 e. The highest BCUT2D eigenvalue weighted by molar-refractivity contribution is 5.06. The van der Waals surface area contributed by atoms with Gasteiger partial charge in [0.05, 0.1) is 0 Å². The summed E-state index contributed by atoms with van der Waals surface area (Å²) in [6, 6.07) is 0. The Balaban J connectivity index is 1.30. The molecule has 2 nitrogen and oxygen atoms in total. The van der Waals surface area contributed by atoms with Crippen molar-refractivity contribution in [2.75, 3.05) is 39.8 Å². The van der Waals surface area contributed by atoms with Gasteiger partial charge in [-0.25, -0.2) is 0 Å². The lowest BCUT2D eigenvalue weighted by molar-refractivity contribution is 0.179. The van der Waals surface area contributed by atoms with E-state index >= 15 is 0 Å². The fourth-order valence-corrected chi connectivity index (χ4v) is 5.16. The van der Waals surface area contributed by atoms with Crippen LogP contribution in [0.3, 0.4) is 0 Å². The molecule has 0 aromatic rings. The third-order valence-electron chi connectivity index (χ3n) is 6.62. The van der Waals surface area contributed by atoms with Crippen molar-refractivity contribution in [2.45, 2.75) is 38.5 Å². The van der Waals surface area contributed by atoms with Crippen molar-refractivity contribution in [1.29, 1.82) is 0 Å². The van der Waals surface area contributed by atoms with Crippen LogP contribution in [0.25, 0.3) is 0 Å². The number of fused-ring (bicyclic) bond motifs is 1. The van der Waals surface area contributed by atoms with Gasteiger partial charge in [0.15, 0.2) is 0 Å². The van der Waals surface area contributed by atoms with E-state index in [1.165, 1.54) is 64.8 Å². The van der Waals surface area contributed by atoms with Crippen molar-refractivity contribution < 1.29 is 0 Å². The first kappa shape index (κ1) is 11.7. The zero-order valence-electron chi connectivity index (χ0n) is 11.9. The lowest BCUT2D eigenvalue weighted by Gasteiger charge is -2.30. The van der Waals surface area contributed by atoms with Gasteiger partial charge >= 0.3 is 0 Å². The van der Waals surface area contributed by atoms with E-state index in [1.807, 2.05) is 0 Å². The molecular formula is C16H28N2. The first-order valence-corrected chi connectivity index (χ1v) is 8.16. The van der Waals surface area contributed by atoms with Gasteiger partial charge in [0.1, 0.15) is 0 Å². The largest absolute Gasteiger partial charge is 0.306 e. The summed E-state index contributed by atoms with van der Waals surface area (Å²) in [6.07, 6.45) is 9.09. The van der Waals surface area contributed by atoms with E-state index in [0.717, 1.165) is 23.2 Å². The minimum Gasteiger partial charge on any atom is -0.306 e. The molecule has 4 aliphatic rings. The van der Waals surface area contributed by atoms with Crippen molar-refractivity contribution in [1.82, 2.24) is 9.80 Å². The second kappa shape index (κ2) is 4.21. The zero-order valence-corrected chi connectivity index (χ0v) is 11.9. The summed E-state index contributed by atoms with van der Waals surface area (Å²) in [4.78, 5) is 5.34. The van der Waals surface area contributed by atoms with Gasteiger partial charge in [-0.15, -0.1) is 0 Å². The molecule has 0 bridgehead atoms. The SMILES string of the molecule is CN1CCC2(CC1)CC2CN1CC2CCCC2C1. The Morgan fingerprint density at radius 1 is 1.06 bits per heavy atom. The molecule has 18 heavy (non-hydrogen) atoms. The molecule has 4 fully saturated rings. The summed E-state index contributed by atoms with van der Waals surface area (Å²) < 4.78 is 0. The van der Waals surface area contributed by atoms with Crippen LogP contribution in [-0.4, -0.2) is 49.6 Å². The van der Waals surface area contributed by atoms with Crippen LogP contribution in [0.4, 0.5) is 0 Å². The van der Waals surface area contributed by atoms with Gasteiger partial charge in [0, 0.05) is 19.6 Å². The quantitative estimate of drug-likeness (QED) is 0.740. The van der Waals surface area contributed by atoms with Gasteiger partial charge < -0.3 is 9.80 Å². The van der Waals surface area contributed by atoms with Gasteiger partial charge in [0.25, 0.3) is 0 Å². The van der Waals surface area contributed by atoms with Crippen molar-refractivity contribution in [3.63, 3.8) is 0 Å². The maximum atomic E-state index is 2.83. The van der Waals surface area contributed by atoms with Crippen LogP contribution in [0.5, 0.6) is 0 Å². The summed E-state index contributed by atoms with van der Waals surface area (Å²) in [7, 11) is 2.28. The van der Waals surface area contributed by atoms with Crippen molar-refractivity contribution in [3.8, 4) is 0 Å². The van der Waals surface area contributed by atoms with Crippen LogP contribution in [-0.2, 0) is 0 Å². The lowest BCUT2D eigenvalue weighted by Crippen LogP contribution is -2.33. The minimum atomic E-state index is 0.796. The normalized spacial score (nSPS) is 43.5. The van der Waals surface area contributed by atoms with Gasteiger partial charge in [-0.3, -0.25) is 0 Å². The highest BCUT2D eigenvalue weighted by atomic mass is 15.2. The molecule has 102 valence electrons. The maximum absolute atomic E-state index is 2.83. The number of hydrogen-bond acceptors (Lipinski definition) is 2. The van der Waals surface area contributed by atoms with Crippen molar-refractivity contribution in [3.05, 3.63) is 0 Å². The highest BCUT2D eigenvalue weighted by Gasteiger charge is 2.55. The number of likely N-dealkylation sites (tertiary alicyclic amines) is 2. The standard InChI is InChI=1S/C16H28N2/c1-17-7-5-16(6-8-17)9-15(16)12-18-10-13-3-2-4-14(13)11-18/h13-15H,2-12H2,1H3. The van der Waals surface area contributed by atoms with E-state index < -0.39 is 0 Å². The molecule has 0 N–H and O–H groups in total. The summed E-state index contributed by atoms with van der Waals surface area (Å²) in [5, 5.41) is 0. The van der Waals surface area contributed by atoms with Gasteiger partial charge in [-0.2, -0.15) is 0 Å². The molecule has 0 aromatic carbocycles. The smallest absolute Gasteiger partial charge is 0.00154 e. The molecule has 1 spiro atoms. The zero-order chi connectivity index (χ0) is 12.2. The van der Waals surface area contributed by atoms with Crippen LogP contribution >= 0.6 is 0 Å². The van der Waals surface area contributed by atoms with E-state index in [1.54, 1.807) is 6.42 Å². The predicted octanol–water partition coefficient (Wildman–Crippen LogP) is 2.45. The fraction of sp³-hybridized carbons (Fsp3) is 1.00. The molecule has 2 heterocycles. The molecule has 2 saturated carbocycles. The lowest BCUT2D eigenvalue weighted by atomic mass is 9.91. The van der Waals surface area contributed by atoms with Crippen LogP contribution in [0.2, 0.25) is 0 Å². The van der Waals surface area contributed by atoms with Crippen LogP contribution < -0.4 is 0 Å². The average molecular weight is 248 g/mol. The molecule has 2 aliphatic carbocycles. The fourth-order valence-electron chi connectivity index (χ4n) is 5.16. The number of hydrogen-bond donors (Lipinski definition) is 0. The Bertz CT molecular complexity index is 307. The number of nitrogens with zero attached hydrogens (tertiary/aromatic N) is 2. The molecule has 2 aliphatic heterocycles. The Morgan fingerprint density at radius 3 is 2.39 bits per heavy atom. The van der Waals surface area contributed by atoms with E-state index in [2.05, 4.69) is 16.8 Å². The summed E-state index contributed by atoms with van der Waals surface area (Å²) in [5.74, 6) is 3.22. The molecule has 0 aromatic heterocycles. The van der Waals surface area contributed by atoms with Crippen molar-refractivity contribution in [2.24, 2.45) is 23.2 Å². The number of piperidine rings is 1. The minimum absolute atomic E-state index is 0.796. The topological polar surface area (TPSA) is 6.48 Å². The molecule has 0 amide bonds. The molecule has 2 heteroatoms. The van der Waals surface area contributed by atoms with Gasteiger partial charge in [-0.1, -0.05) is 6.42 Å². The Kier molecular flexibility index (Phi) is 2.74. The van der Waals surface area contributed by atoms with Crippen LogP contribution in [0.1, 0.15) is 38.5 Å². The Labute approximate surface area is 112 Å². The average Bonchev–Trinajstić information content (AvgIpc) is 2.70. The second-order valence-corrected chi connectivity index (χ2v) is 7.74. The third-order valence-corrected chi connectivity index (χ3v) is 6.62. The van der Waals surface area contributed by atoms with E-state index in [4.69, 9.17) is 0 Å². The molecule has 3 atom stereocenters. The second-order valence-electron chi connectivity index (χ2n) is 7.74. The number of rotatable bonds is 2. The third kappa shape index (κ3) is 1.92. The summed E-state index contributed by atoms with van der Waals surface area (Å²) in [6.45, 7) is 7.02. The van der Waals surface area contributed by atoms with Gasteiger partial charge in [0.2, 0.25) is 0 Å². The molecular weight excluding hydrogens is 220 g/mol. The predicted molar refractivity (Wildman–Crippen MR) is 74.5 cm³/mol. The molecule has 0 radical (unpaired) electrons. The van der Waals surface area contributed by atoms with E-state index in [0.29, 0.717) is 0 Å². The van der Waals surface area contributed by atoms with E-state index in [9.17, 15) is 0 Å². The monoisotopic (exact) mass is 248 g/mol. The Morgan fingerprint density at radius 2 is 1.72 bits per heavy atom. The molecule has 4 rings (SSSR count). The first-order valence-electron chi connectivity index (χ1n) is 8.16. The Hall–Kier alpha value is -0.0800. The van der Waals surface area contributed by atoms with Gasteiger partial charge in [-0.05, 0) is 75.4 Å². The van der Waals surface area contributed by atoms with Crippen molar-refractivity contribution >= 4 is 0 Å². The highest BCUT2D eigenvalue weighted by Crippen LogP contribution is 2.59. The van der Waals surface area contributed by atoms with Crippen LogP contribution in [0.15, 0.2) is 0 Å². The molecule has 3 unspecified atom stereocenters. The first-order chi connectivity index (χ1) is 8.75.